The van der Waals surface area contributed by atoms with Gasteiger partial charge in [-0.3, -0.25) is 9.59 Å². The standard InChI is InChI=1S/C30H35N5O8S2/c1-35(11-20(36)21(37)12-35)10-4-5-17-14-44-27-23(22(17)29(40)43-13-16-6-8-18(41-2)9-7-16)26(38)25(27)33-28(39)24(34-42-3)19-15-45-30(31)32-19/h4-9,15,20-21,23,25,27,36-37H,10-14H2,1-3H3,(H2-,31,32,33,39)/p+1/b5-4+,34-24-/t20-,21+,23?,25-,27+,35?/m1/s1. The van der Waals surface area contributed by atoms with Gasteiger partial charge < -0.3 is 40.1 Å². The SMILES string of the molecule is CO/N=C(\C(=O)N[C@@H]1C(=O)C2C(C(=O)OCc3ccc(OC)cc3)=C(/C=C/C[N+]3(C)C[C@@H](O)[C@@H](O)C3)CS[C@@H]21)c1csc(N)n1. The third-order valence-electron chi connectivity index (χ3n) is 8.12. The Morgan fingerprint density at radius 3 is 2.53 bits per heavy atom. The molecule has 2 fully saturated rings. The number of allylic oxidation sites excluding steroid dienone is 1. The third-order valence-corrected chi connectivity index (χ3v) is 10.2. The first-order valence-corrected chi connectivity index (χ1v) is 16.1. The van der Waals surface area contributed by atoms with Crippen molar-refractivity contribution in [3.8, 4) is 5.75 Å². The molecule has 0 spiro atoms. The van der Waals surface area contributed by atoms with E-state index in [0.29, 0.717) is 41.2 Å². The van der Waals surface area contributed by atoms with Gasteiger partial charge in [-0.15, -0.1) is 11.3 Å². The van der Waals surface area contributed by atoms with Crippen LogP contribution in [0.1, 0.15) is 11.3 Å². The number of quaternary nitrogens is 1. The van der Waals surface area contributed by atoms with Crippen LogP contribution in [0.15, 0.2) is 58.1 Å². The molecule has 15 heteroatoms. The van der Waals surface area contributed by atoms with E-state index in [4.69, 9.17) is 20.0 Å². The number of anilines is 1. The van der Waals surface area contributed by atoms with Crippen molar-refractivity contribution in [3.05, 3.63) is 64.2 Å². The molecular formula is C30H36N5O8S2+. The molecule has 1 aromatic carbocycles. The van der Waals surface area contributed by atoms with Crippen LogP contribution in [0.3, 0.4) is 0 Å². The number of amides is 1. The minimum absolute atomic E-state index is 0.000553. The first-order valence-electron chi connectivity index (χ1n) is 14.2. The molecule has 13 nitrogen and oxygen atoms in total. The molecule has 3 heterocycles. The number of oxime groups is 1. The van der Waals surface area contributed by atoms with Gasteiger partial charge in [0, 0.05) is 16.4 Å². The number of benzene rings is 1. The van der Waals surface area contributed by atoms with E-state index in [1.165, 1.54) is 18.9 Å². The molecule has 2 aromatic rings. The predicted octanol–water partition coefficient (Wildman–Crippen LogP) is 0.662. The number of likely N-dealkylation sites (N-methyl/N-ethyl adjacent to an activating group) is 1. The smallest absolute Gasteiger partial charge is 0.335 e. The highest BCUT2D eigenvalue weighted by molar-refractivity contribution is 8.00. The van der Waals surface area contributed by atoms with Crippen molar-refractivity contribution < 1.29 is 43.4 Å². The van der Waals surface area contributed by atoms with Gasteiger partial charge in [-0.25, -0.2) is 9.78 Å². The summed E-state index contributed by atoms with van der Waals surface area (Å²) < 4.78 is 11.3. The fourth-order valence-corrected chi connectivity index (χ4v) is 7.80. The molecular weight excluding hydrogens is 622 g/mol. The van der Waals surface area contributed by atoms with E-state index in [-0.39, 0.29) is 34.5 Å². The highest BCUT2D eigenvalue weighted by Crippen LogP contribution is 2.46. The number of likely N-dealkylation sites (tertiary alicyclic amines) is 1. The number of fused-ring (bicyclic) bond motifs is 1. The maximum atomic E-state index is 13.6. The summed E-state index contributed by atoms with van der Waals surface area (Å²) in [6, 6.07) is 6.25. The van der Waals surface area contributed by atoms with Crippen LogP contribution in [0.5, 0.6) is 5.75 Å². The summed E-state index contributed by atoms with van der Waals surface area (Å²) in [5.41, 5.74) is 7.51. The lowest BCUT2D eigenvalue weighted by Crippen LogP contribution is -2.65. The Morgan fingerprint density at radius 1 is 1.20 bits per heavy atom. The summed E-state index contributed by atoms with van der Waals surface area (Å²) in [7, 11) is 4.80. The number of nitrogens with zero attached hydrogens (tertiary/aromatic N) is 3. The molecule has 1 amide bonds. The van der Waals surface area contributed by atoms with Gasteiger partial charge in [0.2, 0.25) is 0 Å². The maximum absolute atomic E-state index is 13.6. The molecule has 240 valence electrons. The van der Waals surface area contributed by atoms with Crippen LogP contribution in [0.25, 0.3) is 0 Å². The van der Waals surface area contributed by atoms with Crippen LogP contribution < -0.4 is 15.8 Å². The number of ketones is 1. The Kier molecular flexibility index (Phi) is 9.94. The Hall–Kier alpha value is -3.76. The van der Waals surface area contributed by atoms with Gasteiger partial charge in [0.15, 0.2) is 16.6 Å². The Labute approximate surface area is 268 Å². The van der Waals surface area contributed by atoms with Gasteiger partial charge in [0.1, 0.15) is 56.5 Å². The number of rotatable bonds is 11. The van der Waals surface area contributed by atoms with E-state index < -0.39 is 41.3 Å². The summed E-state index contributed by atoms with van der Waals surface area (Å²) >= 11 is 2.61. The van der Waals surface area contributed by atoms with E-state index >= 15 is 0 Å². The van der Waals surface area contributed by atoms with Gasteiger partial charge >= 0.3 is 5.97 Å². The van der Waals surface area contributed by atoms with Crippen LogP contribution in [-0.4, -0.2) is 113 Å². The van der Waals surface area contributed by atoms with E-state index in [2.05, 4.69) is 15.5 Å². The number of thiazole rings is 1. The van der Waals surface area contributed by atoms with Gasteiger partial charge in [0.25, 0.3) is 5.91 Å². The van der Waals surface area contributed by atoms with Crippen molar-refractivity contribution in [2.75, 3.05) is 52.4 Å². The number of carbonyl (C=O) groups is 3. The summed E-state index contributed by atoms with van der Waals surface area (Å²) in [5, 5.41) is 28.0. The molecule has 1 saturated carbocycles. The predicted molar refractivity (Wildman–Crippen MR) is 169 cm³/mol. The van der Waals surface area contributed by atoms with Crippen molar-refractivity contribution in [2.24, 2.45) is 11.1 Å². The molecule has 2 aliphatic heterocycles. The maximum Gasteiger partial charge on any atom is 0.335 e. The molecule has 6 atom stereocenters. The van der Waals surface area contributed by atoms with Crippen LogP contribution >= 0.6 is 23.1 Å². The van der Waals surface area contributed by atoms with Crippen LogP contribution in [0, 0.1) is 5.92 Å². The average Bonchev–Trinajstić information content (AvgIpc) is 3.57. The first kappa shape index (κ1) is 32.6. The number of ether oxygens (including phenoxy) is 2. The number of nitrogens with two attached hydrogens (primary N) is 1. The summed E-state index contributed by atoms with van der Waals surface area (Å²) in [6.45, 7) is 1.32. The number of aliphatic hydroxyl groups is 2. The highest BCUT2D eigenvalue weighted by Gasteiger charge is 2.56. The Balaban J connectivity index is 1.35. The first-order chi connectivity index (χ1) is 21.5. The monoisotopic (exact) mass is 658 g/mol. The second kappa shape index (κ2) is 13.7. The number of nitrogens with one attached hydrogen (secondary N) is 1. The lowest BCUT2D eigenvalue weighted by atomic mass is 9.71. The molecule has 1 aliphatic carbocycles. The fraction of sp³-hybridized carbons (Fsp3) is 0.433. The number of hydrogen-bond acceptors (Lipinski definition) is 13. The summed E-state index contributed by atoms with van der Waals surface area (Å²) in [4.78, 5) is 49.3. The van der Waals surface area contributed by atoms with Crippen molar-refractivity contribution in [3.63, 3.8) is 0 Å². The quantitative estimate of drug-likeness (QED) is 0.115. The molecule has 3 aliphatic rings. The summed E-state index contributed by atoms with van der Waals surface area (Å²) in [5.74, 6) is -1.28. The lowest BCUT2D eigenvalue weighted by Gasteiger charge is -2.46. The van der Waals surface area contributed by atoms with Crippen molar-refractivity contribution >= 4 is 51.6 Å². The molecule has 0 radical (unpaired) electrons. The van der Waals surface area contributed by atoms with E-state index in [0.717, 1.165) is 16.9 Å². The Morgan fingerprint density at radius 2 is 1.91 bits per heavy atom. The number of thioether (sulfide) groups is 1. The lowest BCUT2D eigenvalue weighted by molar-refractivity contribution is -0.894. The van der Waals surface area contributed by atoms with Crippen LogP contribution in [-0.2, 0) is 30.6 Å². The number of aromatic nitrogens is 1. The normalized spacial score (nSPS) is 28.1. The molecule has 1 aromatic heterocycles. The molecule has 45 heavy (non-hydrogen) atoms. The Bertz CT molecular complexity index is 1530. The van der Waals surface area contributed by atoms with Gasteiger partial charge in [-0.2, -0.15) is 11.8 Å². The van der Waals surface area contributed by atoms with E-state index in [1.807, 2.05) is 19.2 Å². The molecule has 1 saturated heterocycles. The van der Waals surface area contributed by atoms with E-state index in [9.17, 15) is 24.6 Å². The second-order valence-electron chi connectivity index (χ2n) is 11.4. The van der Waals surface area contributed by atoms with Gasteiger partial charge in [-0.1, -0.05) is 23.4 Å². The third kappa shape index (κ3) is 7.07. The molecule has 5 N–H and O–H groups in total. The number of Topliss-reactive ketones (excluding diaryl/α,β-unsaturated/α-hetero) is 1. The van der Waals surface area contributed by atoms with Gasteiger partial charge in [-0.05, 0) is 29.3 Å². The number of methoxy groups -OCH3 is 1. The fourth-order valence-electron chi connectivity index (χ4n) is 5.77. The average molecular weight is 659 g/mol. The zero-order valence-corrected chi connectivity index (χ0v) is 26.7. The number of aliphatic hydroxyl groups excluding tert-OH is 2. The van der Waals surface area contributed by atoms with Crippen LogP contribution in [0.4, 0.5) is 5.13 Å². The molecule has 2 unspecified atom stereocenters. The van der Waals surface area contributed by atoms with Crippen molar-refractivity contribution in [1.29, 1.82) is 0 Å². The minimum Gasteiger partial charge on any atom is -0.497 e. The largest absolute Gasteiger partial charge is 0.497 e. The zero-order valence-electron chi connectivity index (χ0n) is 25.0. The zero-order chi connectivity index (χ0) is 32.3. The number of esters is 1. The molecule has 5 rings (SSSR count). The number of nitrogen functional groups attached to an aromatic ring is 1. The van der Waals surface area contributed by atoms with Crippen LogP contribution in [0.2, 0.25) is 0 Å². The number of hydrogen-bond donors (Lipinski definition) is 4. The topological polar surface area (TPSA) is 183 Å². The molecule has 0 bridgehead atoms. The highest BCUT2D eigenvalue weighted by atomic mass is 32.2. The summed E-state index contributed by atoms with van der Waals surface area (Å²) in [6.07, 6.45) is 2.13. The minimum atomic E-state index is -0.863. The van der Waals surface area contributed by atoms with Crippen molar-refractivity contribution in [1.82, 2.24) is 10.3 Å². The van der Waals surface area contributed by atoms with Gasteiger partial charge in [0.05, 0.1) is 32.2 Å². The van der Waals surface area contributed by atoms with Crippen molar-refractivity contribution in [2.45, 2.75) is 30.1 Å². The number of carbonyl (C=O) groups excluding carboxylic acids is 3. The second-order valence-corrected chi connectivity index (χ2v) is 13.4. The van der Waals surface area contributed by atoms with E-state index in [1.54, 1.807) is 36.8 Å².